The molecule has 184 valence electrons. The highest BCUT2D eigenvalue weighted by atomic mass is 16.4. The van der Waals surface area contributed by atoms with Gasteiger partial charge in [0.2, 0.25) is 0 Å². The highest BCUT2D eigenvalue weighted by Crippen LogP contribution is 2.47. The third-order valence-corrected chi connectivity index (χ3v) is 10.8. The second-order valence-electron chi connectivity index (χ2n) is 12.4. The monoisotopic (exact) mass is 456 g/mol. The van der Waals surface area contributed by atoms with Crippen molar-refractivity contribution in [1.82, 2.24) is 9.80 Å². The Morgan fingerprint density at radius 2 is 1.03 bits per heavy atom. The van der Waals surface area contributed by atoms with Crippen molar-refractivity contribution in [3.63, 3.8) is 0 Å². The lowest BCUT2D eigenvalue weighted by Crippen LogP contribution is -2.48. The van der Waals surface area contributed by atoms with E-state index >= 15 is 0 Å². The van der Waals surface area contributed by atoms with Gasteiger partial charge in [-0.05, 0) is 114 Å². The van der Waals surface area contributed by atoms with Crippen LogP contribution in [0.25, 0.3) is 0 Å². The lowest BCUT2D eigenvalue weighted by Gasteiger charge is -2.40. The summed E-state index contributed by atoms with van der Waals surface area (Å²) in [6.45, 7) is 4.81. The quantitative estimate of drug-likeness (QED) is 0.443. The molecule has 6 aliphatic rings. The summed E-state index contributed by atoms with van der Waals surface area (Å²) >= 11 is 0. The van der Waals surface area contributed by atoms with E-state index in [2.05, 4.69) is 20.1 Å². The molecule has 6 heteroatoms. The Balaban J connectivity index is 0.904. The van der Waals surface area contributed by atoms with Crippen LogP contribution in [-0.2, 0) is 0 Å². The average Bonchev–Trinajstić information content (AvgIpc) is 3.65. The van der Waals surface area contributed by atoms with Gasteiger partial charge in [0.25, 0.3) is 0 Å². The van der Waals surface area contributed by atoms with Gasteiger partial charge >= 0.3 is 0 Å². The third kappa shape index (κ3) is 4.13. The van der Waals surface area contributed by atoms with Crippen LogP contribution in [0.5, 0.6) is 0 Å². The smallest absolute Gasteiger partial charge is 0.0775 e. The van der Waals surface area contributed by atoms with Crippen molar-refractivity contribution < 1.29 is 10.4 Å². The number of rotatable bonds is 6. The van der Waals surface area contributed by atoms with Gasteiger partial charge in [-0.3, -0.25) is 9.80 Å². The maximum absolute atomic E-state index is 9.55. The van der Waals surface area contributed by atoms with Crippen LogP contribution in [0.4, 0.5) is 0 Å². The lowest BCUT2D eigenvalue weighted by atomic mass is 9.84. The van der Waals surface area contributed by atoms with Crippen LogP contribution in [0.15, 0.2) is 10.3 Å². The van der Waals surface area contributed by atoms with E-state index in [0.29, 0.717) is 23.9 Å². The zero-order chi connectivity index (χ0) is 22.4. The molecule has 0 aromatic rings. The van der Waals surface area contributed by atoms with Gasteiger partial charge in [-0.1, -0.05) is 29.6 Å². The molecule has 0 aromatic heterocycles. The Labute approximate surface area is 199 Å². The van der Waals surface area contributed by atoms with Crippen molar-refractivity contribution in [2.24, 2.45) is 45.8 Å². The number of oxime groups is 2. The highest BCUT2D eigenvalue weighted by Gasteiger charge is 2.49. The maximum Gasteiger partial charge on any atom is 0.0775 e. The van der Waals surface area contributed by atoms with Gasteiger partial charge in [0, 0.05) is 11.8 Å². The first-order valence-corrected chi connectivity index (χ1v) is 14.2. The second kappa shape index (κ2) is 9.49. The van der Waals surface area contributed by atoms with Gasteiger partial charge < -0.3 is 10.4 Å². The molecule has 0 unspecified atom stereocenters. The number of nitrogens with zero attached hydrogens (tertiary/aromatic N) is 4. The Morgan fingerprint density at radius 1 is 0.606 bits per heavy atom. The first-order chi connectivity index (χ1) is 16.2. The van der Waals surface area contributed by atoms with Crippen LogP contribution in [0.3, 0.4) is 0 Å². The van der Waals surface area contributed by atoms with Crippen molar-refractivity contribution in [2.45, 2.75) is 95.6 Å². The lowest BCUT2D eigenvalue weighted by molar-refractivity contribution is 0.119. The fraction of sp³-hybridized carbons (Fsp3) is 0.926. The topological polar surface area (TPSA) is 71.7 Å². The molecule has 0 aromatic carbocycles. The molecule has 2 N–H and O–H groups in total. The number of likely N-dealkylation sites (tertiary alicyclic amines) is 2. The molecule has 33 heavy (non-hydrogen) atoms. The molecule has 4 saturated carbocycles. The molecule has 2 heterocycles. The summed E-state index contributed by atoms with van der Waals surface area (Å²) in [5, 5.41) is 26.6. The molecule has 6 fully saturated rings. The second-order valence-corrected chi connectivity index (χ2v) is 12.4. The van der Waals surface area contributed by atoms with Crippen LogP contribution in [-0.4, -0.2) is 69.9 Å². The van der Waals surface area contributed by atoms with Crippen LogP contribution in [0, 0.1) is 35.5 Å². The van der Waals surface area contributed by atoms with Gasteiger partial charge in [0.1, 0.15) is 0 Å². The molecular weight excluding hydrogens is 412 g/mol. The Hall–Kier alpha value is -1.14. The van der Waals surface area contributed by atoms with E-state index in [1.807, 2.05) is 0 Å². The molecule has 0 spiro atoms. The predicted octanol–water partition coefficient (Wildman–Crippen LogP) is 4.84. The molecule has 4 bridgehead atoms. The number of hydrogen-bond acceptors (Lipinski definition) is 6. The highest BCUT2D eigenvalue weighted by molar-refractivity contribution is 5.95. The van der Waals surface area contributed by atoms with Gasteiger partial charge in [0.05, 0.1) is 23.5 Å². The predicted molar refractivity (Wildman–Crippen MR) is 130 cm³/mol. The minimum atomic E-state index is 0.450. The van der Waals surface area contributed by atoms with Crippen molar-refractivity contribution in [1.29, 1.82) is 0 Å². The largest absolute Gasteiger partial charge is 0.411 e. The number of piperidine rings is 2. The molecule has 0 radical (unpaired) electrons. The standard InChI is InChI=1S/C27H44N4O2/c32-28-24-20-4-6-22(16-20)26(24)30-12-8-18(9-13-30)2-1-3-19-10-14-31(15-11-19)27-23-7-5-21(17-23)25(27)29-33/h18-23,26-27,32-33H,1-17H2/b28-24-,29-25+/t20-,21-,22-,23+,26-,27+/m0/s1. The normalized spacial score (nSPS) is 42.9. The first kappa shape index (κ1) is 22.3. The van der Waals surface area contributed by atoms with Gasteiger partial charge in [0.15, 0.2) is 0 Å². The minimum absolute atomic E-state index is 0.450. The molecule has 2 saturated heterocycles. The van der Waals surface area contributed by atoms with Crippen LogP contribution in [0.2, 0.25) is 0 Å². The van der Waals surface area contributed by atoms with Crippen LogP contribution < -0.4 is 0 Å². The van der Waals surface area contributed by atoms with Gasteiger partial charge in [-0.25, -0.2) is 0 Å². The molecule has 6 rings (SSSR count). The summed E-state index contributed by atoms with van der Waals surface area (Å²) in [7, 11) is 0. The first-order valence-electron chi connectivity index (χ1n) is 14.2. The zero-order valence-electron chi connectivity index (χ0n) is 20.3. The van der Waals surface area contributed by atoms with E-state index in [1.54, 1.807) is 0 Å². The van der Waals surface area contributed by atoms with Crippen molar-refractivity contribution in [3.8, 4) is 0 Å². The molecular formula is C27H44N4O2. The fourth-order valence-electron chi connectivity index (χ4n) is 9.10. The van der Waals surface area contributed by atoms with E-state index in [1.165, 1.54) is 110 Å². The Bertz CT molecular complexity index is 691. The Morgan fingerprint density at radius 3 is 1.42 bits per heavy atom. The van der Waals surface area contributed by atoms with Gasteiger partial charge in [-0.15, -0.1) is 0 Å². The van der Waals surface area contributed by atoms with Crippen LogP contribution >= 0.6 is 0 Å². The van der Waals surface area contributed by atoms with E-state index in [9.17, 15) is 10.4 Å². The Kier molecular flexibility index (Phi) is 6.42. The summed E-state index contributed by atoms with van der Waals surface area (Å²) < 4.78 is 0. The summed E-state index contributed by atoms with van der Waals surface area (Å²) in [4.78, 5) is 5.31. The summed E-state index contributed by atoms with van der Waals surface area (Å²) in [5.74, 6) is 4.43. The van der Waals surface area contributed by atoms with Crippen molar-refractivity contribution in [2.75, 3.05) is 26.2 Å². The molecule has 6 nitrogen and oxygen atoms in total. The molecule has 2 aliphatic heterocycles. The zero-order valence-corrected chi connectivity index (χ0v) is 20.3. The minimum Gasteiger partial charge on any atom is -0.411 e. The molecule has 6 atom stereocenters. The van der Waals surface area contributed by atoms with Crippen LogP contribution in [0.1, 0.15) is 83.5 Å². The van der Waals surface area contributed by atoms with E-state index in [-0.39, 0.29) is 0 Å². The summed E-state index contributed by atoms with van der Waals surface area (Å²) in [5.41, 5.74) is 2.22. The summed E-state index contributed by atoms with van der Waals surface area (Å²) in [6.07, 6.45) is 17.2. The molecule has 4 aliphatic carbocycles. The average molecular weight is 457 g/mol. The SMILES string of the molecule is O/N=C1/[C@H]2CC[C@@H](C2)[C@@H]1N1CCC(CCCC2CCN([C@H]3/C(=N/O)[C@H]4CC[C@@H]3C4)CC2)CC1. The van der Waals surface area contributed by atoms with E-state index in [0.717, 1.165) is 35.1 Å². The van der Waals surface area contributed by atoms with E-state index in [4.69, 9.17) is 0 Å². The van der Waals surface area contributed by atoms with E-state index < -0.39 is 0 Å². The summed E-state index contributed by atoms with van der Waals surface area (Å²) in [6, 6.07) is 0.901. The number of hydrogen-bond donors (Lipinski definition) is 2. The maximum atomic E-state index is 9.55. The number of fused-ring (bicyclic) bond motifs is 4. The molecule has 0 amide bonds. The third-order valence-electron chi connectivity index (χ3n) is 10.8. The van der Waals surface area contributed by atoms with Crippen molar-refractivity contribution >= 4 is 11.4 Å². The van der Waals surface area contributed by atoms with Gasteiger partial charge in [-0.2, -0.15) is 0 Å². The van der Waals surface area contributed by atoms with Crippen molar-refractivity contribution in [3.05, 3.63) is 0 Å². The fourth-order valence-corrected chi connectivity index (χ4v) is 9.10.